The van der Waals surface area contributed by atoms with E-state index in [0.29, 0.717) is 16.8 Å². The van der Waals surface area contributed by atoms with Gasteiger partial charge < -0.3 is 9.47 Å². The van der Waals surface area contributed by atoms with Gasteiger partial charge >= 0.3 is 0 Å². The maximum Gasteiger partial charge on any atom is 0.279 e. The summed E-state index contributed by atoms with van der Waals surface area (Å²) in [5.74, 6) is 0.198. The summed E-state index contributed by atoms with van der Waals surface area (Å²) in [6.07, 6.45) is -0.814. The number of halogens is 2. The second kappa shape index (κ2) is 9.45. The van der Waals surface area contributed by atoms with E-state index in [1.807, 2.05) is 6.92 Å². The molecular formula is C18H18BrClN2O4. The molecule has 2 N–H and O–H groups in total. The Morgan fingerprint density at radius 2 is 1.77 bits per heavy atom. The Bertz CT molecular complexity index is 783. The van der Waals surface area contributed by atoms with E-state index in [1.54, 1.807) is 49.4 Å². The van der Waals surface area contributed by atoms with Crippen molar-refractivity contribution in [2.24, 2.45) is 0 Å². The number of carbonyl (C=O) groups excluding carboxylic acids is 2. The molecule has 2 aromatic rings. The van der Waals surface area contributed by atoms with Gasteiger partial charge in [-0.25, -0.2) is 0 Å². The number of hydrogen-bond donors (Lipinski definition) is 2. The van der Waals surface area contributed by atoms with Gasteiger partial charge in [0.1, 0.15) is 11.5 Å². The molecule has 0 saturated carbocycles. The first-order valence-corrected chi connectivity index (χ1v) is 9.02. The fraction of sp³-hybridized carbons (Fsp3) is 0.222. The molecule has 0 aliphatic rings. The van der Waals surface area contributed by atoms with E-state index in [4.69, 9.17) is 21.1 Å². The second-order valence-corrected chi connectivity index (χ2v) is 6.55. The maximum absolute atomic E-state index is 12.1. The van der Waals surface area contributed by atoms with Crippen LogP contribution in [0.4, 0.5) is 0 Å². The monoisotopic (exact) mass is 440 g/mol. The lowest BCUT2D eigenvalue weighted by atomic mass is 10.2. The van der Waals surface area contributed by atoms with Crippen LogP contribution >= 0.6 is 27.5 Å². The fourth-order valence-corrected chi connectivity index (χ4v) is 2.56. The molecule has 2 rings (SSSR count). The van der Waals surface area contributed by atoms with E-state index < -0.39 is 17.9 Å². The zero-order valence-corrected chi connectivity index (χ0v) is 16.6. The van der Waals surface area contributed by atoms with Gasteiger partial charge in [-0.2, -0.15) is 0 Å². The zero-order valence-electron chi connectivity index (χ0n) is 14.2. The molecule has 2 amide bonds. The molecule has 0 saturated heterocycles. The maximum atomic E-state index is 12.1. The Morgan fingerprint density at radius 1 is 1.12 bits per heavy atom. The highest BCUT2D eigenvalue weighted by molar-refractivity contribution is 9.10. The van der Waals surface area contributed by atoms with Gasteiger partial charge in [0.2, 0.25) is 0 Å². The van der Waals surface area contributed by atoms with Crippen LogP contribution in [0, 0.1) is 0 Å². The summed E-state index contributed by atoms with van der Waals surface area (Å²) in [7, 11) is 0. The Labute approximate surface area is 164 Å². The summed E-state index contributed by atoms with van der Waals surface area (Å²) < 4.78 is 11.6. The fourth-order valence-electron chi connectivity index (χ4n) is 2.00. The highest BCUT2D eigenvalue weighted by atomic mass is 79.9. The standard InChI is InChI=1S/C18H18BrClN2O4/c1-3-25-13-5-7-14(8-6-13)26-11(2)17(23)21-22-18(24)15-10-12(19)4-9-16(15)20/h4-11H,3H2,1-2H3,(H,21,23)(H,22,24). The van der Waals surface area contributed by atoms with Crippen LogP contribution in [0.15, 0.2) is 46.9 Å². The minimum absolute atomic E-state index is 0.237. The zero-order chi connectivity index (χ0) is 19.1. The van der Waals surface area contributed by atoms with Crippen LogP contribution < -0.4 is 20.3 Å². The molecular weight excluding hydrogens is 424 g/mol. The lowest BCUT2D eigenvalue weighted by molar-refractivity contribution is -0.128. The van der Waals surface area contributed by atoms with Crippen molar-refractivity contribution in [3.8, 4) is 11.5 Å². The molecule has 0 spiro atoms. The van der Waals surface area contributed by atoms with Crippen LogP contribution in [0.1, 0.15) is 24.2 Å². The van der Waals surface area contributed by atoms with Crippen molar-refractivity contribution >= 4 is 39.3 Å². The molecule has 0 aromatic heterocycles. The summed E-state index contributed by atoms with van der Waals surface area (Å²) in [5, 5.41) is 0.277. The molecule has 0 bridgehead atoms. The summed E-state index contributed by atoms with van der Waals surface area (Å²) in [6.45, 7) is 4.04. The van der Waals surface area contributed by atoms with Gasteiger partial charge in [0, 0.05) is 4.47 Å². The lowest BCUT2D eigenvalue weighted by Crippen LogP contribution is -2.47. The third-order valence-corrected chi connectivity index (χ3v) is 4.11. The normalized spacial score (nSPS) is 11.4. The van der Waals surface area contributed by atoms with Crippen molar-refractivity contribution in [3.63, 3.8) is 0 Å². The number of carbonyl (C=O) groups is 2. The van der Waals surface area contributed by atoms with Crippen molar-refractivity contribution in [1.82, 2.24) is 10.9 Å². The minimum Gasteiger partial charge on any atom is -0.494 e. The minimum atomic E-state index is -0.814. The first-order chi connectivity index (χ1) is 12.4. The van der Waals surface area contributed by atoms with Crippen LogP contribution in [0.3, 0.4) is 0 Å². The van der Waals surface area contributed by atoms with Gasteiger partial charge in [-0.3, -0.25) is 20.4 Å². The lowest BCUT2D eigenvalue weighted by Gasteiger charge is -2.15. The Morgan fingerprint density at radius 3 is 2.42 bits per heavy atom. The summed E-state index contributed by atoms with van der Waals surface area (Å²) in [6, 6.07) is 11.8. The van der Waals surface area contributed by atoms with Crippen LogP contribution in [-0.2, 0) is 4.79 Å². The molecule has 6 nitrogen and oxygen atoms in total. The van der Waals surface area contributed by atoms with Gasteiger partial charge in [-0.05, 0) is 56.3 Å². The summed E-state index contributed by atoms with van der Waals surface area (Å²) >= 11 is 9.25. The number of nitrogens with one attached hydrogen (secondary N) is 2. The predicted octanol–water partition coefficient (Wildman–Crippen LogP) is 3.73. The van der Waals surface area contributed by atoms with Gasteiger partial charge in [-0.15, -0.1) is 0 Å². The molecule has 26 heavy (non-hydrogen) atoms. The molecule has 0 aliphatic heterocycles. The summed E-state index contributed by atoms with van der Waals surface area (Å²) in [5.41, 5.74) is 4.87. The molecule has 1 unspecified atom stereocenters. The van der Waals surface area contributed by atoms with E-state index >= 15 is 0 Å². The van der Waals surface area contributed by atoms with Crippen molar-refractivity contribution in [2.75, 3.05) is 6.61 Å². The van der Waals surface area contributed by atoms with E-state index in [0.717, 1.165) is 5.75 Å². The molecule has 138 valence electrons. The SMILES string of the molecule is CCOc1ccc(OC(C)C(=O)NNC(=O)c2cc(Br)ccc2Cl)cc1. The van der Waals surface area contributed by atoms with Crippen LogP contribution in [0.25, 0.3) is 0 Å². The van der Waals surface area contributed by atoms with Crippen LogP contribution in [0.5, 0.6) is 11.5 Å². The molecule has 2 aromatic carbocycles. The second-order valence-electron chi connectivity index (χ2n) is 5.23. The van der Waals surface area contributed by atoms with Gasteiger partial charge in [-0.1, -0.05) is 27.5 Å². The third-order valence-electron chi connectivity index (χ3n) is 3.29. The smallest absolute Gasteiger partial charge is 0.279 e. The molecule has 0 radical (unpaired) electrons. The van der Waals surface area contributed by atoms with Crippen LogP contribution in [0.2, 0.25) is 5.02 Å². The number of ether oxygens (including phenoxy) is 2. The number of hydrazine groups is 1. The number of benzene rings is 2. The van der Waals surface area contributed by atoms with Gasteiger partial charge in [0.15, 0.2) is 6.10 Å². The van der Waals surface area contributed by atoms with Gasteiger partial charge in [0.25, 0.3) is 11.8 Å². The average molecular weight is 442 g/mol. The van der Waals surface area contributed by atoms with Crippen LogP contribution in [-0.4, -0.2) is 24.5 Å². The van der Waals surface area contributed by atoms with Gasteiger partial charge in [0.05, 0.1) is 17.2 Å². The van der Waals surface area contributed by atoms with E-state index in [1.165, 1.54) is 0 Å². The summed E-state index contributed by atoms with van der Waals surface area (Å²) in [4.78, 5) is 24.2. The Kier molecular flexibility index (Phi) is 7.29. The number of amides is 2. The molecule has 1 atom stereocenters. The molecule has 0 fully saturated rings. The average Bonchev–Trinajstić information content (AvgIpc) is 2.63. The van der Waals surface area contributed by atoms with E-state index in [9.17, 15) is 9.59 Å². The van der Waals surface area contributed by atoms with Crippen molar-refractivity contribution in [3.05, 3.63) is 57.5 Å². The Balaban J connectivity index is 1.88. The number of rotatable bonds is 6. The van der Waals surface area contributed by atoms with Crippen molar-refractivity contribution in [1.29, 1.82) is 0 Å². The first-order valence-electron chi connectivity index (χ1n) is 7.85. The van der Waals surface area contributed by atoms with E-state index in [-0.39, 0.29) is 10.6 Å². The third kappa shape index (κ3) is 5.64. The van der Waals surface area contributed by atoms with Crippen molar-refractivity contribution in [2.45, 2.75) is 20.0 Å². The Hall–Kier alpha value is -2.25. The molecule has 0 aliphatic carbocycles. The first kappa shape index (κ1) is 20.1. The van der Waals surface area contributed by atoms with Crippen molar-refractivity contribution < 1.29 is 19.1 Å². The predicted molar refractivity (Wildman–Crippen MR) is 102 cm³/mol. The molecule has 8 heteroatoms. The largest absolute Gasteiger partial charge is 0.494 e. The van der Waals surface area contributed by atoms with E-state index in [2.05, 4.69) is 26.8 Å². The highest BCUT2D eigenvalue weighted by Gasteiger charge is 2.17. The quantitative estimate of drug-likeness (QED) is 0.670. The highest BCUT2D eigenvalue weighted by Crippen LogP contribution is 2.21. The molecule has 0 heterocycles. The topological polar surface area (TPSA) is 76.7 Å². The number of hydrogen-bond acceptors (Lipinski definition) is 4.